The van der Waals surface area contributed by atoms with E-state index in [4.69, 9.17) is 4.74 Å². The van der Waals surface area contributed by atoms with E-state index in [0.29, 0.717) is 22.3 Å². The van der Waals surface area contributed by atoms with Gasteiger partial charge in [0.2, 0.25) is 5.91 Å². The smallest absolute Gasteiger partial charge is 0.244 e. The molecule has 2 aromatic carbocycles. The van der Waals surface area contributed by atoms with Crippen molar-refractivity contribution in [3.63, 3.8) is 0 Å². The number of carbonyl (C=O) groups is 1. The van der Waals surface area contributed by atoms with Gasteiger partial charge >= 0.3 is 0 Å². The highest BCUT2D eigenvalue weighted by Gasteiger charge is 2.39. The fourth-order valence-electron chi connectivity index (χ4n) is 3.83. The molecule has 1 saturated carbocycles. The minimum Gasteiger partial charge on any atom is -0.508 e. The van der Waals surface area contributed by atoms with Crippen molar-refractivity contribution in [3.8, 4) is 17.2 Å². The number of aromatic hydroxyl groups is 2. The van der Waals surface area contributed by atoms with E-state index < -0.39 is 5.54 Å². The number of anilines is 1. The van der Waals surface area contributed by atoms with Crippen LogP contribution in [0, 0.1) is 6.92 Å². The van der Waals surface area contributed by atoms with Gasteiger partial charge in [0.05, 0.1) is 12.6 Å². The highest BCUT2D eigenvalue weighted by Crippen LogP contribution is 2.34. The van der Waals surface area contributed by atoms with Gasteiger partial charge in [-0.25, -0.2) is 0 Å². The number of benzene rings is 2. The molecule has 4 N–H and O–H groups in total. The molecule has 7 heteroatoms. The maximum Gasteiger partial charge on any atom is 0.244 e. The second-order valence-electron chi connectivity index (χ2n) is 7.56. The van der Waals surface area contributed by atoms with E-state index in [2.05, 4.69) is 26.6 Å². The molecule has 0 radical (unpaired) electrons. The summed E-state index contributed by atoms with van der Waals surface area (Å²) in [4.78, 5) is 13.3. The monoisotopic (exact) mass is 462 g/mol. The SMILES string of the molecule is COc1cc(NC(=O)C2(NCc3c(O)cc(O)cc3Br)CCCCC2)ccc1C. The Kier molecular flexibility index (Phi) is 6.70. The first kappa shape index (κ1) is 21.5. The zero-order chi connectivity index (χ0) is 21.0. The minimum atomic E-state index is -0.722. The van der Waals surface area contributed by atoms with Gasteiger partial charge in [0.15, 0.2) is 0 Å². The van der Waals surface area contributed by atoms with Crippen molar-refractivity contribution in [3.05, 3.63) is 45.9 Å². The number of phenols is 2. The average Bonchev–Trinajstić information content (AvgIpc) is 2.69. The van der Waals surface area contributed by atoms with E-state index in [-0.39, 0.29) is 17.4 Å². The third-order valence-electron chi connectivity index (χ3n) is 5.57. The summed E-state index contributed by atoms with van der Waals surface area (Å²) >= 11 is 3.38. The van der Waals surface area contributed by atoms with E-state index in [1.807, 2.05) is 25.1 Å². The summed E-state index contributed by atoms with van der Waals surface area (Å²) in [5.41, 5.74) is 1.58. The number of methoxy groups -OCH3 is 1. The fraction of sp³-hybridized carbons (Fsp3) is 0.409. The Morgan fingerprint density at radius 1 is 1.17 bits per heavy atom. The highest BCUT2D eigenvalue weighted by molar-refractivity contribution is 9.10. The topological polar surface area (TPSA) is 90.8 Å². The van der Waals surface area contributed by atoms with Gasteiger partial charge in [-0.05, 0) is 37.5 Å². The first-order valence-corrected chi connectivity index (χ1v) is 10.6. The Balaban J connectivity index is 1.80. The van der Waals surface area contributed by atoms with Crippen LogP contribution in [-0.2, 0) is 11.3 Å². The number of carbonyl (C=O) groups excluding carboxylic acids is 1. The van der Waals surface area contributed by atoms with Gasteiger partial charge in [-0.1, -0.05) is 41.3 Å². The normalized spacial score (nSPS) is 15.7. The molecule has 0 bridgehead atoms. The van der Waals surface area contributed by atoms with Gasteiger partial charge in [0, 0.05) is 34.4 Å². The number of ether oxygens (including phenoxy) is 1. The number of hydrogen-bond acceptors (Lipinski definition) is 5. The molecule has 3 rings (SSSR count). The van der Waals surface area contributed by atoms with E-state index in [0.717, 1.165) is 43.4 Å². The number of halogens is 1. The number of nitrogens with one attached hydrogen (secondary N) is 2. The molecule has 0 aromatic heterocycles. The van der Waals surface area contributed by atoms with Crippen LogP contribution in [0.25, 0.3) is 0 Å². The van der Waals surface area contributed by atoms with Crippen molar-refractivity contribution in [2.24, 2.45) is 0 Å². The predicted molar refractivity (Wildman–Crippen MR) is 116 cm³/mol. The van der Waals surface area contributed by atoms with Crippen molar-refractivity contribution in [2.45, 2.75) is 51.1 Å². The highest BCUT2D eigenvalue weighted by atomic mass is 79.9. The van der Waals surface area contributed by atoms with Crippen molar-refractivity contribution in [1.29, 1.82) is 0 Å². The van der Waals surface area contributed by atoms with Crippen LogP contribution in [0.4, 0.5) is 5.69 Å². The Bertz CT molecular complexity index is 871. The van der Waals surface area contributed by atoms with Crippen LogP contribution in [0.5, 0.6) is 17.2 Å². The lowest BCUT2D eigenvalue weighted by Gasteiger charge is -2.37. The van der Waals surface area contributed by atoms with Gasteiger partial charge in [-0.15, -0.1) is 0 Å². The van der Waals surface area contributed by atoms with Gasteiger partial charge < -0.3 is 20.3 Å². The Hall–Kier alpha value is -2.25. The van der Waals surface area contributed by atoms with E-state index in [1.165, 1.54) is 12.1 Å². The summed E-state index contributed by atoms with van der Waals surface area (Å²) in [5, 5.41) is 26.2. The summed E-state index contributed by atoms with van der Waals surface area (Å²) in [6.45, 7) is 2.26. The Labute approximate surface area is 179 Å². The second kappa shape index (κ2) is 9.05. The number of rotatable bonds is 6. The lowest BCUT2D eigenvalue weighted by Crippen LogP contribution is -2.55. The van der Waals surface area contributed by atoms with Crippen molar-refractivity contribution in [1.82, 2.24) is 5.32 Å². The lowest BCUT2D eigenvalue weighted by molar-refractivity contribution is -0.123. The molecule has 6 nitrogen and oxygen atoms in total. The molecule has 0 heterocycles. The third kappa shape index (κ3) is 4.85. The van der Waals surface area contributed by atoms with Crippen LogP contribution in [0.2, 0.25) is 0 Å². The predicted octanol–water partition coefficient (Wildman–Crippen LogP) is 4.61. The number of aryl methyl sites for hydroxylation is 1. The molecule has 156 valence electrons. The first-order chi connectivity index (χ1) is 13.8. The van der Waals surface area contributed by atoms with Crippen molar-refractivity contribution >= 4 is 27.5 Å². The molecule has 1 amide bonds. The summed E-state index contributed by atoms with van der Waals surface area (Å²) in [7, 11) is 1.61. The second-order valence-corrected chi connectivity index (χ2v) is 8.41. The molecule has 0 atom stereocenters. The van der Waals surface area contributed by atoms with Gasteiger partial charge in [0.1, 0.15) is 17.2 Å². The Morgan fingerprint density at radius 3 is 2.55 bits per heavy atom. The van der Waals surface area contributed by atoms with Crippen molar-refractivity contribution in [2.75, 3.05) is 12.4 Å². The molecule has 29 heavy (non-hydrogen) atoms. The summed E-state index contributed by atoms with van der Waals surface area (Å²) in [6, 6.07) is 8.44. The van der Waals surface area contributed by atoms with Crippen LogP contribution in [0.15, 0.2) is 34.8 Å². The zero-order valence-electron chi connectivity index (χ0n) is 16.7. The van der Waals surface area contributed by atoms with Crippen LogP contribution >= 0.6 is 15.9 Å². The lowest BCUT2D eigenvalue weighted by atomic mass is 9.80. The van der Waals surface area contributed by atoms with Crippen LogP contribution in [-0.4, -0.2) is 28.8 Å². The van der Waals surface area contributed by atoms with Gasteiger partial charge in [0.25, 0.3) is 0 Å². The van der Waals surface area contributed by atoms with Gasteiger partial charge in [-0.3, -0.25) is 10.1 Å². The largest absolute Gasteiger partial charge is 0.508 e. The molecule has 0 unspecified atom stereocenters. The van der Waals surface area contributed by atoms with E-state index in [9.17, 15) is 15.0 Å². The maximum atomic E-state index is 13.3. The molecule has 0 aliphatic heterocycles. The number of phenolic OH excluding ortho intramolecular Hbond substituents is 2. The molecular weight excluding hydrogens is 436 g/mol. The fourth-order valence-corrected chi connectivity index (χ4v) is 4.41. The van der Waals surface area contributed by atoms with Crippen LogP contribution in [0.1, 0.15) is 43.2 Å². The average molecular weight is 463 g/mol. The van der Waals surface area contributed by atoms with Crippen LogP contribution in [0.3, 0.4) is 0 Å². The number of amides is 1. The maximum absolute atomic E-state index is 13.3. The summed E-state index contributed by atoms with van der Waals surface area (Å²) in [6.07, 6.45) is 4.46. The summed E-state index contributed by atoms with van der Waals surface area (Å²) < 4.78 is 5.95. The van der Waals surface area contributed by atoms with Crippen LogP contribution < -0.4 is 15.4 Å². The molecule has 1 aliphatic carbocycles. The Morgan fingerprint density at radius 2 is 1.90 bits per heavy atom. The van der Waals surface area contributed by atoms with Gasteiger partial charge in [-0.2, -0.15) is 0 Å². The standard InChI is InChI=1S/C22H27BrN2O4/c1-14-6-7-15(10-20(14)29-2)25-21(28)22(8-4-3-5-9-22)24-13-17-18(23)11-16(26)12-19(17)27/h6-7,10-12,24,26-27H,3-5,8-9,13H2,1-2H3,(H,25,28). The third-order valence-corrected chi connectivity index (χ3v) is 6.28. The molecule has 0 spiro atoms. The van der Waals surface area contributed by atoms with E-state index >= 15 is 0 Å². The molecule has 1 fully saturated rings. The first-order valence-electron chi connectivity index (χ1n) is 9.76. The molecule has 2 aromatic rings. The number of hydrogen-bond donors (Lipinski definition) is 4. The molecule has 1 aliphatic rings. The zero-order valence-corrected chi connectivity index (χ0v) is 18.3. The van der Waals surface area contributed by atoms with E-state index in [1.54, 1.807) is 7.11 Å². The quantitative estimate of drug-likeness (QED) is 0.503. The minimum absolute atomic E-state index is 0.0148. The molecule has 0 saturated heterocycles. The van der Waals surface area contributed by atoms with Crippen molar-refractivity contribution < 1.29 is 19.7 Å². The molecular formula is C22H27BrN2O4. The summed E-state index contributed by atoms with van der Waals surface area (Å²) in [5.74, 6) is 0.611.